The lowest BCUT2D eigenvalue weighted by molar-refractivity contribution is 0.700. The maximum atomic E-state index is 4.60. The molecule has 0 saturated heterocycles. The van der Waals surface area contributed by atoms with E-state index in [9.17, 15) is 0 Å². The van der Waals surface area contributed by atoms with E-state index in [-0.39, 0.29) is 0 Å². The van der Waals surface area contributed by atoms with Gasteiger partial charge in [-0.05, 0) is 18.6 Å². The molecule has 0 aromatic carbocycles. The van der Waals surface area contributed by atoms with Crippen molar-refractivity contribution < 1.29 is 0 Å². The molecule has 0 aliphatic carbocycles. The minimum Gasteiger partial charge on any atom is -0.341 e. The first-order valence-corrected chi connectivity index (χ1v) is 6.47. The van der Waals surface area contributed by atoms with E-state index < -0.39 is 0 Å². The van der Waals surface area contributed by atoms with Gasteiger partial charge in [-0.15, -0.1) is 0 Å². The van der Waals surface area contributed by atoms with E-state index in [1.807, 2.05) is 24.4 Å². The molecular formula is C15H19N3. The molecule has 2 heterocycles. The van der Waals surface area contributed by atoms with Crippen molar-refractivity contribution in [3.63, 3.8) is 0 Å². The Hall–Kier alpha value is -1.90. The Kier molecular flexibility index (Phi) is 4.29. The SMILES string of the molecule is C=C/C=C\c1cc2nc(CCCCC)[nH]c2cn1. The van der Waals surface area contributed by atoms with Crippen molar-refractivity contribution in [2.24, 2.45) is 0 Å². The van der Waals surface area contributed by atoms with Crippen LogP contribution in [0, 0.1) is 0 Å². The van der Waals surface area contributed by atoms with Gasteiger partial charge < -0.3 is 4.98 Å². The first kappa shape index (κ1) is 12.6. The minimum atomic E-state index is 0.911. The molecule has 0 aliphatic heterocycles. The highest BCUT2D eigenvalue weighted by atomic mass is 14.9. The van der Waals surface area contributed by atoms with Gasteiger partial charge in [0.05, 0.1) is 22.9 Å². The lowest BCUT2D eigenvalue weighted by Gasteiger charge is -1.93. The van der Waals surface area contributed by atoms with Crippen LogP contribution in [0.5, 0.6) is 0 Å². The van der Waals surface area contributed by atoms with Gasteiger partial charge in [-0.3, -0.25) is 4.98 Å². The average molecular weight is 241 g/mol. The molecule has 2 aromatic rings. The van der Waals surface area contributed by atoms with Crippen molar-refractivity contribution in [3.8, 4) is 0 Å². The van der Waals surface area contributed by atoms with Gasteiger partial charge in [0.2, 0.25) is 0 Å². The van der Waals surface area contributed by atoms with Gasteiger partial charge in [-0.25, -0.2) is 4.98 Å². The number of unbranched alkanes of at least 4 members (excludes halogenated alkanes) is 2. The molecule has 0 spiro atoms. The maximum Gasteiger partial charge on any atom is 0.107 e. The summed E-state index contributed by atoms with van der Waals surface area (Å²) >= 11 is 0. The highest BCUT2D eigenvalue weighted by Gasteiger charge is 2.03. The van der Waals surface area contributed by atoms with Gasteiger partial charge in [0.15, 0.2) is 0 Å². The minimum absolute atomic E-state index is 0.911. The zero-order chi connectivity index (χ0) is 12.8. The van der Waals surface area contributed by atoms with E-state index in [0.717, 1.165) is 29.0 Å². The van der Waals surface area contributed by atoms with Crippen molar-refractivity contribution in [2.75, 3.05) is 0 Å². The van der Waals surface area contributed by atoms with Crippen molar-refractivity contribution >= 4 is 17.1 Å². The quantitative estimate of drug-likeness (QED) is 0.615. The van der Waals surface area contributed by atoms with Crippen LogP contribution in [0.15, 0.2) is 31.0 Å². The smallest absolute Gasteiger partial charge is 0.107 e. The van der Waals surface area contributed by atoms with Crippen molar-refractivity contribution in [1.82, 2.24) is 15.0 Å². The fourth-order valence-corrected chi connectivity index (χ4v) is 1.90. The second-order valence-corrected chi connectivity index (χ2v) is 4.36. The Morgan fingerprint density at radius 1 is 1.39 bits per heavy atom. The van der Waals surface area contributed by atoms with E-state index in [4.69, 9.17) is 0 Å². The predicted molar refractivity (Wildman–Crippen MR) is 76.3 cm³/mol. The zero-order valence-corrected chi connectivity index (χ0v) is 10.8. The molecule has 94 valence electrons. The molecule has 3 nitrogen and oxygen atoms in total. The third-order valence-corrected chi connectivity index (χ3v) is 2.86. The molecule has 18 heavy (non-hydrogen) atoms. The third-order valence-electron chi connectivity index (χ3n) is 2.86. The number of fused-ring (bicyclic) bond motifs is 1. The van der Waals surface area contributed by atoms with Crippen LogP contribution in [0.2, 0.25) is 0 Å². The summed E-state index contributed by atoms with van der Waals surface area (Å²) in [5.74, 6) is 1.06. The molecule has 3 heteroatoms. The van der Waals surface area contributed by atoms with E-state index in [0.29, 0.717) is 0 Å². The summed E-state index contributed by atoms with van der Waals surface area (Å²) in [5, 5.41) is 0. The molecule has 0 unspecified atom stereocenters. The Bertz CT molecular complexity index is 552. The summed E-state index contributed by atoms with van der Waals surface area (Å²) in [6.45, 7) is 5.86. The molecule has 2 rings (SSSR count). The average Bonchev–Trinajstić information content (AvgIpc) is 2.78. The lowest BCUT2D eigenvalue weighted by Crippen LogP contribution is -1.87. The molecule has 0 aliphatic rings. The fraction of sp³-hybridized carbons (Fsp3) is 0.333. The lowest BCUT2D eigenvalue weighted by atomic mass is 10.2. The number of aromatic nitrogens is 3. The van der Waals surface area contributed by atoms with Gasteiger partial charge >= 0.3 is 0 Å². The Labute approximate surface area is 108 Å². The summed E-state index contributed by atoms with van der Waals surface area (Å²) < 4.78 is 0. The number of allylic oxidation sites excluding steroid dienone is 2. The van der Waals surface area contributed by atoms with E-state index in [1.165, 1.54) is 19.3 Å². The van der Waals surface area contributed by atoms with Crippen LogP contribution in [0.4, 0.5) is 0 Å². The van der Waals surface area contributed by atoms with Crippen LogP contribution in [-0.2, 0) is 6.42 Å². The number of H-pyrrole nitrogens is 1. The molecular weight excluding hydrogens is 222 g/mol. The fourth-order valence-electron chi connectivity index (χ4n) is 1.90. The number of hydrogen-bond acceptors (Lipinski definition) is 2. The molecule has 0 radical (unpaired) electrons. The van der Waals surface area contributed by atoms with Gasteiger partial charge in [0.1, 0.15) is 5.82 Å². The second kappa shape index (κ2) is 6.15. The van der Waals surface area contributed by atoms with Crippen LogP contribution in [0.1, 0.15) is 37.7 Å². The molecule has 1 N–H and O–H groups in total. The first-order valence-electron chi connectivity index (χ1n) is 6.47. The van der Waals surface area contributed by atoms with Gasteiger partial charge in [0.25, 0.3) is 0 Å². The van der Waals surface area contributed by atoms with Crippen LogP contribution in [0.3, 0.4) is 0 Å². The van der Waals surface area contributed by atoms with Crippen LogP contribution < -0.4 is 0 Å². The Balaban J connectivity index is 2.17. The predicted octanol–water partition coefficient (Wildman–Crippen LogP) is 3.89. The highest BCUT2D eigenvalue weighted by molar-refractivity contribution is 5.76. The van der Waals surface area contributed by atoms with Crippen LogP contribution in [-0.4, -0.2) is 15.0 Å². The number of hydrogen-bond donors (Lipinski definition) is 1. The molecule has 0 amide bonds. The standard InChI is InChI=1S/C15H19N3/c1-3-5-7-9-15-17-13-10-12(8-6-4-2)16-11-14(13)18-15/h4,6,8,10-11H,2-3,5,7,9H2,1H3,(H,17,18)/b8-6-. The molecule has 0 saturated carbocycles. The van der Waals surface area contributed by atoms with E-state index in [1.54, 1.807) is 6.08 Å². The number of pyridine rings is 1. The van der Waals surface area contributed by atoms with E-state index >= 15 is 0 Å². The zero-order valence-electron chi connectivity index (χ0n) is 10.8. The van der Waals surface area contributed by atoms with E-state index in [2.05, 4.69) is 28.5 Å². The summed E-state index contributed by atoms with van der Waals surface area (Å²) in [6, 6.07) is 2.00. The summed E-state index contributed by atoms with van der Waals surface area (Å²) in [4.78, 5) is 12.3. The van der Waals surface area contributed by atoms with Gasteiger partial charge in [0, 0.05) is 6.42 Å². The highest BCUT2D eigenvalue weighted by Crippen LogP contribution is 2.14. The van der Waals surface area contributed by atoms with Crippen LogP contribution >= 0.6 is 0 Å². The van der Waals surface area contributed by atoms with Gasteiger partial charge in [-0.1, -0.05) is 38.5 Å². The van der Waals surface area contributed by atoms with Gasteiger partial charge in [-0.2, -0.15) is 0 Å². The Morgan fingerprint density at radius 3 is 3.06 bits per heavy atom. The van der Waals surface area contributed by atoms with Crippen LogP contribution in [0.25, 0.3) is 17.1 Å². The normalized spacial score (nSPS) is 11.4. The summed E-state index contributed by atoms with van der Waals surface area (Å²) in [5.41, 5.74) is 2.91. The number of aryl methyl sites for hydroxylation is 1. The molecule has 0 atom stereocenters. The van der Waals surface area contributed by atoms with Crippen molar-refractivity contribution in [2.45, 2.75) is 32.6 Å². The maximum absolute atomic E-state index is 4.60. The number of nitrogens with one attached hydrogen (secondary N) is 1. The molecule has 2 aromatic heterocycles. The monoisotopic (exact) mass is 241 g/mol. The third kappa shape index (κ3) is 3.06. The van der Waals surface area contributed by atoms with Crippen molar-refractivity contribution in [1.29, 1.82) is 0 Å². The summed E-state index contributed by atoms with van der Waals surface area (Å²) in [6.07, 6.45) is 12.1. The number of imidazole rings is 1. The first-order chi connectivity index (χ1) is 8.83. The summed E-state index contributed by atoms with van der Waals surface area (Å²) in [7, 11) is 0. The molecule has 0 fully saturated rings. The Morgan fingerprint density at radius 2 is 2.28 bits per heavy atom. The molecule has 0 bridgehead atoms. The number of aromatic amines is 1. The topological polar surface area (TPSA) is 41.6 Å². The number of rotatable bonds is 6. The second-order valence-electron chi connectivity index (χ2n) is 4.36. The number of nitrogens with zero attached hydrogens (tertiary/aromatic N) is 2. The largest absolute Gasteiger partial charge is 0.341 e. The van der Waals surface area contributed by atoms with Crippen molar-refractivity contribution in [3.05, 3.63) is 42.5 Å².